The van der Waals surface area contributed by atoms with Gasteiger partial charge in [0, 0.05) is 30.2 Å². The van der Waals surface area contributed by atoms with Crippen LogP contribution < -0.4 is 10.5 Å². The maximum atomic E-state index is 12.2. The predicted molar refractivity (Wildman–Crippen MR) is 101 cm³/mol. The molecule has 1 aromatic heterocycles. The molecule has 0 unspecified atom stereocenters. The first-order valence-corrected chi connectivity index (χ1v) is 8.33. The second-order valence-electron chi connectivity index (χ2n) is 5.35. The highest BCUT2D eigenvalue weighted by Gasteiger charge is 2.11. The zero-order valence-electron chi connectivity index (χ0n) is 14.3. The van der Waals surface area contributed by atoms with Gasteiger partial charge in [-0.15, -0.1) is 0 Å². The van der Waals surface area contributed by atoms with Crippen molar-refractivity contribution >= 4 is 39.3 Å². The van der Waals surface area contributed by atoms with Crippen molar-refractivity contribution in [2.45, 2.75) is 13.8 Å². The molecule has 0 saturated carbocycles. The second kappa shape index (κ2) is 8.37. The lowest BCUT2D eigenvalue weighted by molar-refractivity contribution is -0.132. The van der Waals surface area contributed by atoms with E-state index in [-0.39, 0.29) is 10.6 Å². The Labute approximate surface area is 155 Å². The lowest BCUT2D eigenvalue weighted by Crippen LogP contribution is -2.21. The first-order valence-electron chi connectivity index (χ1n) is 7.95. The summed E-state index contributed by atoms with van der Waals surface area (Å²) in [6.45, 7) is 5.74. The van der Waals surface area contributed by atoms with E-state index in [2.05, 4.69) is 4.90 Å². The van der Waals surface area contributed by atoms with Crippen LogP contribution in [-0.2, 0) is 4.79 Å². The number of allylic oxidation sites excluding steroid dienone is 2. The van der Waals surface area contributed by atoms with Gasteiger partial charge in [0.1, 0.15) is 17.2 Å². The van der Waals surface area contributed by atoms with Crippen LogP contribution in [0.1, 0.15) is 19.4 Å². The molecule has 0 bridgehead atoms. The van der Waals surface area contributed by atoms with E-state index in [0.29, 0.717) is 11.0 Å². The van der Waals surface area contributed by atoms with Crippen molar-refractivity contribution in [1.82, 2.24) is 0 Å². The summed E-state index contributed by atoms with van der Waals surface area (Å²) in [4.78, 5) is 25.2. The van der Waals surface area contributed by atoms with E-state index in [1.165, 1.54) is 12.1 Å². The highest BCUT2D eigenvalue weighted by Crippen LogP contribution is 2.25. The molecule has 0 aliphatic rings. The number of aliphatic carboxylic acids is 1. The lowest BCUT2D eigenvalue weighted by Gasteiger charge is -2.21. The summed E-state index contributed by atoms with van der Waals surface area (Å²) in [6.07, 6.45) is 2.23. The van der Waals surface area contributed by atoms with E-state index in [9.17, 15) is 9.59 Å². The van der Waals surface area contributed by atoms with Crippen LogP contribution in [-0.4, -0.2) is 24.2 Å². The SMILES string of the molecule is CCN(CC)c1ccc2cc(/C(Cl)=C/C=C(\C#N)C(=O)O)c(=O)oc2c1. The number of fused-ring (bicyclic) bond motifs is 1. The van der Waals surface area contributed by atoms with Crippen LogP contribution in [0.2, 0.25) is 0 Å². The van der Waals surface area contributed by atoms with Crippen molar-refractivity contribution in [3.8, 4) is 6.07 Å². The first kappa shape index (κ1) is 19.3. The molecule has 0 aliphatic heterocycles. The highest BCUT2D eigenvalue weighted by molar-refractivity contribution is 6.49. The van der Waals surface area contributed by atoms with Crippen LogP contribution in [0.3, 0.4) is 0 Å². The molecule has 6 nitrogen and oxygen atoms in total. The Hall–Kier alpha value is -3.04. The molecule has 134 valence electrons. The van der Waals surface area contributed by atoms with Gasteiger partial charge in [0.25, 0.3) is 0 Å². The minimum absolute atomic E-state index is 0.0116. The van der Waals surface area contributed by atoms with Crippen LogP contribution in [0.15, 0.2) is 51.2 Å². The third kappa shape index (κ3) is 4.13. The van der Waals surface area contributed by atoms with E-state index >= 15 is 0 Å². The molecule has 0 saturated heterocycles. The van der Waals surface area contributed by atoms with Gasteiger partial charge < -0.3 is 14.4 Å². The Morgan fingerprint density at radius 1 is 1.31 bits per heavy atom. The van der Waals surface area contributed by atoms with E-state index in [0.717, 1.165) is 24.9 Å². The summed E-state index contributed by atoms with van der Waals surface area (Å²) < 4.78 is 5.36. The third-order valence-corrected chi connectivity index (χ3v) is 4.18. The monoisotopic (exact) mass is 372 g/mol. The summed E-state index contributed by atoms with van der Waals surface area (Å²) in [5, 5.41) is 18.2. The fraction of sp³-hybridized carbons (Fsp3) is 0.211. The minimum Gasteiger partial charge on any atom is -0.477 e. The van der Waals surface area contributed by atoms with E-state index < -0.39 is 17.2 Å². The smallest absolute Gasteiger partial charge is 0.346 e. The first-order chi connectivity index (χ1) is 12.4. The van der Waals surface area contributed by atoms with Crippen molar-refractivity contribution in [3.63, 3.8) is 0 Å². The topological polar surface area (TPSA) is 94.5 Å². The Kier molecular flexibility index (Phi) is 6.21. The maximum Gasteiger partial charge on any atom is 0.346 e. The number of carbonyl (C=O) groups is 1. The Balaban J connectivity index is 2.49. The highest BCUT2D eigenvalue weighted by atomic mass is 35.5. The van der Waals surface area contributed by atoms with Gasteiger partial charge in [-0.25, -0.2) is 9.59 Å². The third-order valence-electron chi connectivity index (χ3n) is 3.85. The molecule has 1 aromatic carbocycles. The molecule has 1 N–H and O–H groups in total. The van der Waals surface area contributed by atoms with Crippen LogP contribution in [0.4, 0.5) is 5.69 Å². The number of hydrogen-bond acceptors (Lipinski definition) is 5. The summed E-state index contributed by atoms with van der Waals surface area (Å²) in [6, 6.07) is 8.66. The normalized spacial score (nSPS) is 12.1. The fourth-order valence-electron chi connectivity index (χ4n) is 2.45. The molecule has 0 fully saturated rings. The number of nitrogens with zero attached hydrogens (tertiary/aromatic N) is 2. The van der Waals surface area contributed by atoms with Crippen LogP contribution in [0, 0.1) is 11.3 Å². The number of carboxylic acids is 1. The van der Waals surface area contributed by atoms with Crippen LogP contribution in [0.25, 0.3) is 16.0 Å². The number of halogens is 1. The Morgan fingerprint density at radius 2 is 2.00 bits per heavy atom. The van der Waals surface area contributed by atoms with Crippen molar-refractivity contribution < 1.29 is 14.3 Å². The van der Waals surface area contributed by atoms with Gasteiger partial charge in [-0.05, 0) is 44.2 Å². The number of nitriles is 1. The number of anilines is 1. The second-order valence-corrected chi connectivity index (χ2v) is 5.76. The molecule has 0 spiro atoms. The molecule has 2 aromatic rings. The molecule has 2 rings (SSSR count). The van der Waals surface area contributed by atoms with Crippen molar-refractivity contribution in [2.24, 2.45) is 0 Å². The van der Waals surface area contributed by atoms with Crippen LogP contribution in [0.5, 0.6) is 0 Å². The van der Waals surface area contributed by atoms with Crippen molar-refractivity contribution in [3.05, 3.63) is 58.0 Å². The molecule has 0 atom stereocenters. The van der Waals surface area contributed by atoms with Crippen molar-refractivity contribution in [2.75, 3.05) is 18.0 Å². The molecule has 7 heteroatoms. The zero-order chi connectivity index (χ0) is 19.3. The van der Waals surface area contributed by atoms with Gasteiger partial charge in [-0.3, -0.25) is 0 Å². The summed E-state index contributed by atoms with van der Waals surface area (Å²) >= 11 is 6.09. The average Bonchev–Trinajstić information content (AvgIpc) is 2.62. The number of benzene rings is 1. The summed E-state index contributed by atoms with van der Waals surface area (Å²) in [7, 11) is 0. The number of hydrogen-bond donors (Lipinski definition) is 1. The van der Waals surface area contributed by atoms with Crippen LogP contribution >= 0.6 is 11.6 Å². The molecule has 26 heavy (non-hydrogen) atoms. The van der Waals surface area contributed by atoms with E-state index in [1.54, 1.807) is 12.1 Å². The molecular formula is C19H17ClN2O4. The average molecular weight is 373 g/mol. The van der Waals surface area contributed by atoms with Gasteiger partial charge in [-0.1, -0.05) is 11.6 Å². The van der Waals surface area contributed by atoms with E-state index in [4.69, 9.17) is 26.4 Å². The Morgan fingerprint density at radius 3 is 2.58 bits per heavy atom. The van der Waals surface area contributed by atoms with Gasteiger partial charge >= 0.3 is 11.6 Å². The Bertz CT molecular complexity index is 995. The molecule has 0 radical (unpaired) electrons. The summed E-state index contributed by atoms with van der Waals surface area (Å²) in [5.41, 5.74) is 0.345. The van der Waals surface area contributed by atoms with Crippen molar-refractivity contribution in [1.29, 1.82) is 5.26 Å². The summed E-state index contributed by atoms with van der Waals surface area (Å²) in [5.74, 6) is -1.37. The maximum absolute atomic E-state index is 12.2. The molecular weight excluding hydrogens is 356 g/mol. The zero-order valence-corrected chi connectivity index (χ0v) is 15.1. The predicted octanol–water partition coefficient (Wildman–Crippen LogP) is 3.75. The quantitative estimate of drug-likeness (QED) is 0.359. The van der Waals surface area contributed by atoms with E-state index in [1.807, 2.05) is 26.0 Å². The van der Waals surface area contributed by atoms with Gasteiger partial charge in [0.15, 0.2) is 0 Å². The largest absolute Gasteiger partial charge is 0.477 e. The fourth-order valence-corrected chi connectivity index (χ4v) is 2.65. The van der Waals surface area contributed by atoms with Gasteiger partial charge in [0.2, 0.25) is 0 Å². The van der Waals surface area contributed by atoms with Gasteiger partial charge in [0.05, 0.1) is 10.6 Å². The minimum atomic E-state index is -1.37. The number of rotatable bonds is 6. The molecule has 0 aliphatic carbocycles. The standard InChI is InChI=1S/C19H17ClN2O4/c1-3-22(4-2)14-7-5-12-9-15(19(25)26-17(12)10-14)16(20)8-6-13(11-21)18(23)24/h5-10H,3-4H2,1-2H3,(H,23,24)/b13-6+,16-8-. The number of carboxylic acid groups (broad SMARTS) is 1. The lowest BCUT2D eigenvalue weighted by atomic mass is 10.1. The van der Waals surface area contributed by atoms with Gasteiger partial charge in [-0.2, -0.15) is 5.26 Å². The molecule has 0 amide bonds. The molecule has 1 heterocycles.